The summed E-state index contributed by atoms with van der Waals surface area (Å²) in [7, 11) is 0. The second-order valence-electron chi connectivity index (χ2n) is 6.58. The van der Waals surface area contributed by atoms with Gasteiger partial charge >= 0.3 is 6.18 Å². The van der Waals surface area contributed by atoms with Crippen molar-refractivity contribution in [1.29, 1.82) is 0 Å². The third kappa shape index (κ3) is 5.53. The number of hydrogen-bond acceptors (Lipinski definition) is 6. The highest BCUT2D eigenvalue weighted by Crippen LogP contribution is 2.30. The number of alkyl halides is 3. The summed E-state index contributed by atoms with van der Waals surface area (Å²) in [6.07, 6.45) is 1.44. The van der Waals surface area contributed by atoms with Crippen LogP contribution in [0.1, 0.15) is 35.8 Å². The number of pyridine rings is 2. The van der Waals surface area contributed by atoms with Gasteiger partial charge in [-0.25, -0.2) is 14.4 Å². The lowest BCUT2D eigenvalue weighted by molar-refractivity contribution is -0.138. The topological polar surface area (TPSA) is 97.6 Å². The number of nitrogens with one attached hydrogen (secondary N) is 2. The molecule has 0 unspecified atom stereocenters. The minimum Gasteiger partial charge on any atom is -0.363 e. The molecule has 0 bridgehead atoms. The maximum Gasteiger partial charge on any atom is 0.417 e. The van der Waals surface area contributed by atoms with Gasteiger partial charge < -0.3 is 10.6 Å². The molecule has 1 amide bonds. The predicted octanol–water partition coefficient (Wildman–Crippen LogP) is 3.23. The monoisotopic (exact) mass is 437 g/mol. The van der Waals surface area contributed by atoms with Gasteiger partial charge in [-0.2, -0.15) is 23.4 Å². The van der Waals surface area contributed by atoms with Crippen molar-refractivity contribution in [2.45, 2.75) is 32.0 Å². The van der Waals surface area contributed by atoms with E-state index in [9.17, 15) is 22.4 Å². The first-order valence-corrected chi connectivity index (χ1v) is 9.38. The smallest absolute Gasteiger partial charge is 0.363 e. The number of rotatable bonds is 8. The fourth-order valence-electron chi connectivity index (χ4n) is 2.84. The molecule has 0 fully saturated rings. The van der Waals surface area contributed by atoms with Crippen LogP contribution in [0.25, 0.3) is 5.69 Å². The first-order chi connectivity index (χ1) is 14.8. The first-order valence-electron chi connectivity index (χ1n) is 9.38. The number of carbonyl (C=O) groups excluding carboxylic acids is 1. The van der Waals surface area contributed by atoms with E-state index in [1.165, 1.54) is 23.4 Å². The van der Waals surface area contributed by atoms with Crippen molar-refractivity contribution in [3.8, 4) is 5.69 Å². The minimum atomic E-state index is -4.69. The molecule has 0 aliphatic carbocycles. The summed E-state index contributed by atoms with van der Waals surface area (Å²) in [6, 6.07) is 3.18. The lowest BCUT2D eigenvalue weighted by atomic mass is 10.1. The van der Waals surface area contributed by atoms with Gasteiger partial charge in [-0.1, -0.05) is 13.3 Å². The number of anilines is 1. The Labute approximate surface area is 174 Å². The highest BCUT2D eigenvalue weighted by Gasteiger charge is 2.32. The van der Waals surface area contributed by atoms with E-state index in [-0.39, 0.29) is 18.1 Å². The fraction of sp³-hybridized carbons (Fsp3) is 0.316. The maximum absolute atomic E-state index is 14.1. The molecule has 3 aromatic heterocycles. The van der Waals surface area contributed by atoms with Crippen LogP contribution in [0, 0.1) is 5.82 Å². The molecule has 0 saturated carbocycles. The van der Waals surface area contributed by atoms with E-state index < -0.39 is 29.5 Å². The van der Waals surface area contributed by atoms with Crippen LogP contribution < -0.4 is 10.6 Å². The van der Waals surface area contributed by atoms with Gasteiger partial charge in [0.15, 0.2) is 17.3 Å². The van der Waals surface area contributed by atoms with Crippen LogP contribution in [0.3, 0.4) is 0 Å². The number of carbonyl (C=O) groups is 1. The predicted molar refractivity (Wildman–Crippen MR) is 103 cm³/mol. The third-order valence-corrected chi connectivity index (χ3v) is 4.29. The van der Waals surface area contributed by atoms with Crippen LogP contribution in [-0.4, -0.2) is 43.5 Å². The molecule has 3 aromatic rings. The standard InChI is InChI=1S/C19H19F4N7O/c1-2-4-13(29-17-14(20)9-12(10-25-17)19(21,22)23)11-26-18(31)16-15(5-3-6-24-16)30-27-7-8-28-30/h3,5-10,13H,2,4,11H2,1H3,(H,25,29)(H,26,31)/t13-/m0/s1. The summed E-state index contributed by atoms with van der Waals surface area (Å²) >= 11 is 0. The second-order valence-corrected chi connectivity index (χ2v) is 6.58. The molecule has 0 saturated heterocycles. The molecule has 0 aliphatic heterocycles. The van der Waals surface area contributed by atoms with E-state index >= 15 is 0 Å². The number of halogens is 4. The zero-order chi connectivity index (χ0) is 22.4. The molecule has 3 heterocycles. The average molecular weight is 437 g/mol. The Morgan fingerprint density at radius 2 is 1.94 bits per heavy atom. The summed E-state index contributed by atoms with van der Waals surface area (Å²) in [5, 5.41) is 13.4. The Kier molecular flexibility index (Phi) is 6.78. The Hall–Kier alpha value is -3.57. The van der Waals surface area contributed by atoms with Crippen molar-refractivity contribution in [2.24, 2.45) is 0 Å². The molecule has 1 atom stereocenters. The molecule has 164 valence electrons. The molecule has 0 spiro atoms. The maximum atomic E-state index is 14.1. The molecule has 0 radical (unpaired) electrons. The number of aromatic nitrogens is 5. The number of hydrogen-bond donors (Lipinski definition) is 2. The van der Waals surface area contributed by atoms with Crippen molar-refractivity contribution < 1.29 is 22.4 Å². The Morgan fingerprint density at radius 1 is 1.19 bits per heavy atom. The average Bonchev–Trinajstić information content (AvgIpc) is 3.27. The highest BCUT2D eigenvalue weighted by molar-refractivity contribution is 5.95. The van der Waals surface area contributed by atoms with Gasteiger partial charge in [0.05, 0.1) is 18.0 Å². The van der Waals surface area contributed by atoms with Crippen molar-refractivity contribution in [3.63, 3.8) is 0 Å². The largest absolute Gasteiger partial charge is 0.417 e. The van der Waals surface area contributed by atoms with Crippen molar-refractivity contribution in [2.75, 3.05) is 11.9 Å². The molecule has 8 nitrogen and oxygen atoms in total. The number of nitrogens with zero attached hydrogens (tertiary/aromatic N) is 5. The van der Waals surface area contributed by atoms with Gasteiger partial charge in [0, 0.05) is 25.0 Å². The summed E-state index contributed by atoms with van der Waals surface area (Å²) in [5.41, 5.74) is -0.709. The zero-order valence-corrected chi connectivity index (χ0v) is 16.4. The first kappa shape index (κ1) is 22.1. The number of amides is 1. The Bertz CT molecular complexity index is 1020. The van der Waals surface area contributed by atoms with E-state index in [0.29, 0.717) is 30.8 Å². The van der Waals surface area contributed by atoms with Crippen LogP contribution in [0.5, 0.6) is 0 Å². The third-order valence-electron chi connectivity index (χ3n) is 4.29. The molecule has 3 rings (SSSR count). The molecule has 2 N–H and O–H groups in total. The van der Waals surface area contributed by atoms with Gasteiger partial charge in [-0.3, -0.25) is 4.79 Å². The van der Waals surface area contributed by atoms with Gasteiger partial charge in [0.1, 0.15) is 5.69 Å². The van der Waals surface area contributed by atoms with Crippen LogP contribution in [-0.2, 0) is 6.18 Å². The molecule has 0 aromatic carbocycles. The van der Waals surface area contributed by atoms with Gasteiger partial charge in [-0.05, 0) is 24.6 Å². The van der Waals surface area contributed by atoms with E-state index in [2.05, 4.69) is 30.8 Å². The van der Waals surface area contributed by atoms with Crippen LogP contribution in [0.2, 0.25) is 0 Å². The van der Waals surface area contributed by atoms with Crippen molar-refractivity contribution in [3.05, 3.63) is 60.1 Å². The summed E-state index contributed by atoms with van der Waals surface area (Å²) < 4.78 is 52.2. The van der Waals surface area contributed by atoms with E-state index in [4.69, 9.17) is 0 Å². The van der Waals surface area contributed by atoms with E-state index in [0.717, 1.165) is 0 Å². The summed E-state index contributed by atoms with van der Waals surface area (Å²) in [6.45, 7) is 1.95. The Morgan fingerprint density at radius 3 is 2.58 bits per heavy atom. The molecule has 0 aliphatic rings. The lowest BCUT2D eigenvalue weighted by Crippen LogP contribution is -2.37. The van der Waals surface area contributed by atoms with Crippen LogP contribution in [0.15, 0.2) is 43.0 Å². The van der Waals surface area contributed by atoms with E-state index in [1.807, 2.05) is 6.92 Å². The summed E-state index contributed by atoms with van der Waals surface area (Å²) in [5.74, 6) is -1.95. The van der Waals surface area contributed by atoms with Gasteiger partial charge in [-0.15, -0.1) is 4.80 Å². The normalized spacial score (nSPS) is 12.4. The second kappa shape index (κ2) is 9.49. The SMILES string of the molecule is CCC[C@@H](CNC(=O)c1ncccc1-n1nccn1)Nc1ncc(C(F)(F)F)cc1F. The van der Waals surface area contributed by atoms with Crippen molar-refractivity contribution >= 4 is 11.7 Å². The Balaban J connectivity index is 1.70. The van der Waals surface area contributed by atoms with E-state index in [1.54, 1.807) is 12.1 Å². The summed E-state index contributed by atoms with van der Waals surface area (Å²) in [4.78, 5) is 21.5. The highest BCUT2D eigenvalue weighted by atomic mass is 19.4. The van der Waals surface area contributed by atoms with Crippen LogP contribution in [0.4, 0.5) is 23.4 Å². The van der Waals surface area contributed by atoms with Gasteiger partial charge in [0.25, 0.3) is 5.91 Å². The fourth-order valence-corrected chi connectivity index (χ4v) is 2.84. The zero-order valence-electron chi connectivity index (χ0n) is 16.4. The minimum absolute atomic E-state index is 0.0668. The van der Waals surface area contributed by atoms with Gasteiger partial charge in [0.2, 0.25) is 0 Å². The van der Waals surface area contributed by atoms with Crippen LogP contribution >= 0.6 is 0 Å². The lowest BCUT2D eigenvalue weighted by Gasteiger charge is -2.20. The molecule has 31 heavy (non-hydrogen) atoms. The molecular formula is C19H19F4N7O. The molecule has 12 heteroatoms. The molecular weight excluding hydrogens is 418 g/mol. The quantitative estimate of drug-likeness (QED) is 0.525. The van der Waals surface area contributed by atoms with Crippen molar-refractivity contribution in [1.82, 2.24) is 30.3 Å².